The first-order valence-corrected chi connectivity index (χ1v) is 7.15. The largest absolute Gasteiger partial charge is 0.377 e. The molecule has 0 amide bonds. The second kappa shape index (κ2) is 6.55. The maximum Gasteiger partial charge on any atom is 0.0726 e. The molecule has 3 atom stereocenters. The molecule has 0 radical (unpaired) electrons. The molecule has 1 aliphatic rings. The van der Waals surface area contributed by atoms with E-state index in [-0.39, 0.29) is 0 Å². The van der Waals surface area contributed by atoms with Gasteiger partial charge in [-0.15, -0.1) is 0 Å². The second-order valence-electron chi connectivity index (χ2n) is 5.24. The number of nitrogens with one attached hydrogen (secondary N) is 1. The van der Waals surface area contributed by atoms with Crippen LogP contribution in [0.3, 0.4) is 0 Å². The van der Waals surface area contributed by atoms with E-state index in [1.165, 1.54) is 18.4 Å². The van der Waals surface area contributed by atoms with Gasteiger partial charge in [-0.25, -0.2) is 0 Å². The first kappa shape index (κ1) is 13.9. The molecule has 1 heterocycles. The highest BCUT2D eigenvalue weighted by Gasteiger charge is 2.23. The Morgan fingerprint density at radius 3 is 2.67 bits per heavy atom. The van der Waals surface area contributed by atoms with Gasteiger partial charge in [0.05, 0.1) is 6.10 Å². The third-order valence-corrected chi connectivity index (χ3v) is 3.78. The first-order chi connectivity index (χ1) is 8.65. The van der Waals surface area contributed by atoms with E-state index in [9.17, 15) is 0 Å². The zero-order chi connectivity index (χ0) is 13.0. The predicted octanol–water partition coefficient (Wildman–Crippen LogP) is 3.43. The molecule has 0 spiro atoms. The Bertz CT molecular complexity index is 359. The number of hydrogen-bond acceptors (Lipinski definition) is 2. The van der Waals surface area contributed by atoms with Gasteiger partial charge in [0.1, 0.15) is 0 Å². The third kappa shape index (κ3) is 3.98. The lowest BCUT2D eigenvalue weighted by molar-refractivity contribution is 0.0804. The summed E-state index contributed by atoms with van der Waals surface area (Å²) < 4.78 is 5.70. The van der Waals surface area contributed by atoms with E-state index in [0.29, 0.717) is 18.2 Å². The van der Waals surface area contributed by atoms with Crippen LogP contribution >= 0.6 is 11.6 Å². The normalized spacial score (nSPS) is 22.9. The minimum Gasteiger partial charge on any atom is -0.377 e. The molecule has 1 fully saturated rings. The Morgan fingerprint density at radius 2 is 2.06 bits per heavy atom. The number of ether oxygens (including phenoxy) is 1. The molecule has 3 unspecified atom stereocenters. The highest BCUT2D eigenvalue weighted by molar-refractivity contribution is 6.30. The minimum absolute atomic E-state index is 0.387. The highest BCUT2D eigenvalue weighted by atomic mass is 35.5. The molecule has 18 heavy (non-hydrogen) atoms. The van der Waals surface area contributed by atoms with E-state index in [1.807, 2.05) is 12.1 Å². The Balaban J connectivity index is 1.80. The van der Waals surface area contributed by atoms with Crippen LogP contribution in [0.4, 0.5) is 0 Å². The van der Waals surface area contributed by atoms with Crippen molar-refractivity contribution in [1.82, 2.24) is 5.32 Å². The molecule has 0 bridgehead atoms. The molecule has 2 rings (SSSR count). The number of halogens is 1. The molecule has 1 aromatic rings. The van der Waals surface area contributed by atoms with Crippen molar-refractivity contribution in [2.75, 3.05) is 6.61 Å². The van der Waals surface area contributed by atoms with Gasteiger partial charge in [-0.1, -0.05) is 23.7 Å². The van der Waals surface area contributed by atoms with Gasteiger partial charge in [0.15, 0.2) is 0 Å². The maximum absolute atomic E-state index is 5.89. The summed E-state index contributed by atoms with van der Waals surface area (Å²) in [5, 5.41) is 4.43. The van der Waals surface area contributed by atoms with Crippen LogP contribution in [0.25, 0.3) is 0 Å². The summed E-state index contributed by atoms with van der Waals surface area (Å²) in [6.07, 6.45) is 3.79. The Kier molecular flexibility index (Phi) is 5.04. The number of benzene rings is 1. The van der Waals surface area contributed by atoms with Crippen molar-refractivity contribution in [1.29, 1.82) is 0 Å². The van der Waals surface area contributed by atoms with Gasteiger partial charge in [-0.3, -0.25) is 0 Å². The molecule has 3 heteroatoms. The van der Waals surface area contributed by atoms with E-state index in [0.717, 1.165) is 18.1 Å². The first-order valence-electron chi connectivity index (χ1n) is 6.77. The van der Waals surface area contributed by atoms with Gasteiger partial charge in [0.25, 0.3) is 0 Å². The lowest BCUT2D eigenvalue weighted by Gasteiger charge is -2.24. The third-order valence-electron chi connectivity index (χ3n) is 3.53. The van der Waals surface area contributed by atoms with Gasteiger partial charge in [0, 0.05) is 23.7 Å². The summed E-state index contributed by atoms with van der Waals surface area (Å²) in [6, 6.07) is 8.97. The summed E-state index contributed by atoms with van der Waals surface area (Å²) in [5.74, 6) is 0. The molecular formula is C15H22ClNO. The fourth-order valence-electron chi connectivity index (χ4n) is 2.59. The van der Waals surface area contributed by atoms with Crippen molar-refractivity contribution in [2.24, 2.45) is 0 Å². The average Bonchev–Trinajstić information content (AvgIpc) is 2.85. The van der Waals surface area contributed by atoms with Crippen LogP contribution in [0.15, 0.2) is 24.3 Å². The minimum atomic E-state index is 0.387. The quantitative estimate of drug-likeness (QED) is 0.883. The Hall–Kier alpha value is -0.570. The summed E-state index contributed by atoms with van der Waals surface area (Å²) in [6.45, 7) is 5.36. The summed E-state index contributed by atoms with van der Waals surface area (Å²) in [5.41, 5.74) is 1.32. The van der Waals surface area contributed by atoms with Crippen molar-refractivity contribution in [3.05, 3.63) is 34.9 Å². The lowest BCUT2D eigenvalue weighted by Crippen LogP contribution is -2.42. The van der Waals surface area contributed by atoms with Crippen molar-refractivity contribution in [3.63, 3.8) is 0 Å². The average molecular weight is 268 g/mol. The molecular weight excluding hydrogens is 246 g/mol. The van der Waals surface area contributed by atoms with E-state index >= 15 is 0 Å². The van der Waals surface area contributed by atoms with Crippen molar-refractivity contribution < 1.29 is 4.74 Å². The van der Waals surface area contributed by atoms with Crippen molar-refractivity contribution >= 4 is 11.6 Å². The molecule has 1 aliphatic heterocycles. The standard InChI is InChI=1S/C15H22ClNO/c1-11(10-13-5-7-14(16)8-6-13)17-12(2)15-4-3-9-18-15/h5-8,11-12,15,17H,3-4,9-10H2,1-2H3. The summed E-state index contributed by atoms with van der Waals surface area (Å²) in [4.78, 5) is 0. The van der Waals surface area contributed by atoms with Crippen LogP contribution in [-0.2, 0) is 11.2 Å². The molecule has 0 aliphatic carbocycles. The van der Waals surface area contributed by atoms with Gasteiger partial charge >= 0.3 is 0 Å². The number of rotatable bonds is 5. The molecule has 1 aromatic carbocycles. The monoisotopic (exact) mass is 267 g/mol. The van der Waals surface area contributed by atoms with Crippen LogP contribution < -0.4 is 5.32 Å². The SMILES string of the molecule is CC(Cc1ccc(Cl)cc1)NC(C)C1CCCO1. The van der Waals surface area contributed by atoms with E-state index in [2.05, 4.69) is 31.3 Å². The van der Waals surface area contributed by atoms with Gasteiger partial charge in [-0.2, -0.15) is 0 Å². The molecule has 0 aromatic heterocycles. The molecule has 1 saturated heterocycles. The summed E-state index contributed by atoms with van der Waals surface area (Å²) >= 11 is 5.89. The lowest BCUT2D eigenvalue weighted by atomic mass is 10.0. The van der Waals surface area contributed by atoms with Crippen molar-refractivity contribution in [3.8, 4) is 0 Å². The summed E-state index contributed by atoms with van der Waals surface area (Å²) in [7, 11) is 0. The van der Waals surface area contributed by atoms with E-state index < -0.39 is 0 Å². The Labute approximate surface area is 115 Å². The fourth-order valence-corrected chi connectivity index (χ4v) is 2.71. The van der Waals surface area contributed by atoms with Gasteiger partial charge in [-0.05, 0) is 50.8 Å². The molecule has 1 N–H and O–H groups in total. The highest BCUT2D eigenvalue weighted by Crippen LogP contribution is 2.16. The van der Waals surface area contributed by atoms with Crippen molar-refractivity contribution in [2.45, 2.75) is 51.3 Å². The zero-order valence-electron chi connectivity index (χ0n) is 11.2. The Morgan fingerprint density at radius 1 is 1.33 bits per heavy atom. The van der Waals surface area contributed by atoms with Crippen LogP contribution in [0.1, 0.15) is 32.3 Å². The van der Waals surface area contributed by atoms with Crippen LogP contribution in [0.5, 0.6) is 0 Å². The topological polar surface area (TPSA) is 21.3 Å². The van der Waals surface area contributed by atoms with Crippen LogP contribution in [0.2, 0.25) is 5.02 Å². The fraction of sp³-hybridized carbons (Fsp3) is 0.600. The second-order valence-corrected chi connectivity index (χ2v) is 5.67. The van der Waals surface area contributed by atoms with Gasteiger partial charge in [0.2, 0.25) is 0 Å². The van der Waals surface area contributed by atoms with Crippen LogP contribution in [0, 0.1) is 0 Å². The molecule has 100 valence electrons. The maximum atomic E-state index is 5.89. The predicted molar refractivity (Wildman–Crippen MR) is 76.2 cm³/mol. The smallest absolute Gasteiger partial charge is 0.0726 e. The molecule has 0 saturated carbocycles. The zero-order valence-corrected chi connectivity index (χ0v) is 11.9. The van der Waals surface area contributed by atoms with E-state index in [1.54, 1.807) is 0 Å². The van der Waals surface area contributed by atoms with Gasteiger partial charge < -0.3 is 10.1 Å². The number of hydrogen-bond donors (Lipinski definition) is 1. The van der Waals surface area contributed by atoms with Crippen LogP contribution in [-0.4, -0.2) is 24.8 Å². The molecule has 2 nitrogen and oxygen atoms in total. The van der Waals surface area contributed by atoms with E-state index in [4.69, 9.17) is 16.3 Å².